The Hall–Kier alpha value is -1.31. The molecule has 1 aliphatic rings. The Bertz CT molecular complexity index is 289. The Morgan fingerprint density at radius 1 is 1.20 bits per heavy atom. The number of hydrogen-bond acceptors (Lipinski definition) is 1. The molecule has 1 aromatic carbocycles. The Morgan fingerprint density at radius 2 is 2.10 bits per heavy atom. The lowest BCUT2D eigenvalue weighted by Crippen LogP contribution is -1.84. The molecule has 1 radical (unpaired) electrons. The van der Waals surface area contributed by atoms with Crippen LogP contribution in [-0.4, -0.2) is 6.34 Å². The molecule has 10 heavy (non-hydrogen) atoms. The molecule has 0 saturated heterocycles. The number of aliphatic imine (C=N–C) groups is 1. The molecule has 2 rings (SSSR count). The average Bonchev–Trinajstić information content (AvgIpc) is 2.33. The molecule has 0 aliphatic carbocycles. The summed E-state index contributed by atoms with van der Waals surface area (Å²) in [5, 5.41) is 4.05. The fourth-order valence-corrected chi connectivity index (χ4v) is 0.999. The van der Waals surface area contributed by atoms with Crippen LogP contribution in [0.3, 0.4) is 0 Å². The van der Waals surface area contributed by atoms with Gasteiger partial charge in [0.2, 0.25) is 0 Å². The molecule has 1 aromatic rings. The summed E-state index contributed by atoms with van der Waals surface area (Å²) in [6, 6.07) is 6.05. The molecule has 2 nitrogen and oxygen atoms in total. The van der Waals surface area contributed by atoms with E-state index in [2.05, 4.69) is 10.3 Å². The van der Waals surface area contributed by atoms with Gasteiger partial charge in [0.25, 0.3) is 0 Å². The lowest BCUT2D eigenvalue weighted by molar-refractivity contribution is 1.34. The van der Waals surface area contributed by atoms with Crippen molar-refractivity contribution in [2.75, 3.05) is 0 Å². The van der Waals surface area contributed by atoms with Crippen molar-refractivity contribution < 1.29 is 0 Å². The molecule has 0 fully saturated rings. The molecule has 0 aromatic heterocycles. The number of hydrogen-bond donors (Lipinski definition) is 0. The van der Waals surface area contributed by atoms with Gasteiger partial charge in [-0.1, -0.05) is 6.07 Å². The molecule has 0 saturated carbocycles. The molecule has 0 spiro atoms. The second kappa shape index (κ2) is 1.84. The van der Waals surface area contributed by atoms with Crippen LogP contribution in [0, 0.1) is 6.92 Å². The van der Waals surface area contributed by atoms with Crippen LogP contribution in [0.25, 0.3) is 0 Å². The number of nitrogens with zero attached hydrogens (tertiary/aromatic N) is 2. The highest BCUT2D eigenvalue weighted by molar-refractivity contribution is 5.81. The largest absolute Gasteiger partial charge is 0.235 e. The predicted molar refractivity (Wildman–Crippen MR) is 41.1 cm³/mol. The summed E-state index contributed by atoms with van der Waals surface area (Å²) in [6.45, 7) is 2.05. The summed E-state index contributed by atoms with van der Waals surface area (Å²) >= 11 is 0. The van der Waals surface area contributed by atoms with Gasteiger partial charge in [0.05, 0.1) is 11.4 Å². The molecule has 1 aliphatic heterocycles. The third-order valence-electron chi connectivity index (χ3n) is 1.52. The number of aryl methyl sites for hydroxylation is 1. The van der Waals surface area contributed by atoms with E-state index in [1.165, 1.54) is 5.56 Å². The van der Waals surface area contributed by atoms with Gasteiger partial charge in [0.1, 0.15) is 6.34 Å². The highest BCUT2D eigenvalue weighted by Crippen LogP contribution is 2.28. The van der Waals surface area contributed by atoms with Crippen LogP contribution < -0.4 is 5.32 Å². The van der Waals surface area contributed by atoms with Gasteiger partial charge in [0.15, 0.2) is 0 Å². The average molecular weight is 131 g/mol. The normalized spacial score (nSPS) is 12.9. The van der Waals surface area contributed by atoms with Crippen molar-refractivity contribution in [3.8, 4) is 0 Å². The van der Waals surface area contributed by atoms with Gasteiger partial charge in [0, 0.05) is 0 Å². The molecule has 0 amide bonds. The highest BCUT2D eigenvalue weighted by atomic mass is 15.0. The Labute approximate surface area is 59.6 Å². The van der Waals surface area contributed by atoms with Crippen molar-refractivity contribution in [1.29, 1.82) is 0 Å². The monoisotopic (exact) mass is 131 g/mol. The summed E-state index contributed by atoms with van der Waals surface area (Å²) in [5.41, 5.74) is 3.19. The van der Waals surface area contributed by atoms with Crippen LogP contribution in [0.1, 0.15) is 5.56 Å². The van der Waals surface area contributed by atoms with Crippen LogP contribution in [-0.2, 0) is 0 Å². The molecule has 1 heterocycles. The maximum absolute atomic E-state index is 4.07. The van der Waals surface area contributed by atoms with Crippen molar-refractivity contribution in [3.63, 3.8) is 0 Å². The third-order valence-corrected chi connectivity index (χ3v) is 1.52. The van der Waals surface area contributed by atoms with Gasteiger partial charge in [-0.05, 0) is 24.6 Å². The molecular weight excluding hydrogens is 124 g/mol. The van der Waals surface area contributed by atoms with Gasteiger partial charge >= 0.3 is 0 Å². The van der Waals surface area contributed by atoms with Crippen molar-refractivity contribution in [3.05, 3.63) is 23.8 Å². The number of benzene rings is 1. The molecule has 0 bridgehead atoms. The first kappa shape index (κ1) is 5.47. The zero-order valence-electron chi connectivity index (χ0n) is 5.70. The van der Waals surface area contributed by atoms with E-state index in [9.17, 15) is 0 Å². The van der Waals surface area contributed by atoms with Gasteiger partial charge in [-0.2, -0.15) is 0 Å². The SMILES string of the molecule is Cc1ccc2c(c1)N=C[N]2. The van der Waals surface area contributed by atoms with Crippen LogP contribution >= 0.6 is 0 Å². The van der Waals surface area contributed by atoms with E-state index in [1.807, 2.05) is 25.1 Å². The standard InChI is InChI=1S/C8H7N2/c1-6-2-3-7-8(4-6)10-5-9-7/h2-5H,1H3. The van der Waals surface area contributed by atoms with Crippen LogP contribution in [0.5, 0.6) is 0 Å². The van der Waals surface area contributed by atoms with E-state index >= 15 is 0 Å². The molecule has 0 unspecified atom stereocenters. The number of fused-ring (bicyclic) bond motifs is 1. The zero-order valence-corrected chi connectivity index (χ0v) is 5.70. The predicted octanol–water partition coefficient (Wildman–Crippen LogP) is 1.90. The first-order valence-corrected chi connectivity index (χ1v) is 3.20. The summed E-state index contributed by atoms with van der Waals surface area (Å²) in [6.07, 6.45) is 1.59. The van der Waals surface area contributed by atoms with Crippen LogP contribution in [0.15, 0.2) is 23.2 Å². The van der Waals surface area contributed by atoms with Crippen molar-refractivity contribution in [2.45, 2.75) is 6.92 Å². The fraction of sp³-hybridized carbons (Fsp3) is 0.125. The Balaban J connectivity index is 2.60. The van der Waals surface area contributed by atoms with Gasteiger partial charge < -0.3 is 0 Å². The summed E-state index contributed by atoms with van der Waals surface area (Å²) in [5.74, 6) is 0. The summed E-state index contributed by atoms with van der Waals surface area (Å²) in [4.78, 5) is 4.07. The van der Waals surface area contributed by atoms with E-state index in [1.54, 1.807) is 6.34 Å². The molecule has 0 N–H and O–H groups in total. The second-order valence-electron chi connectivity index (χ2n) is 2.37. The highest BCUT2D eigenvalue weighted by Gasteiger charge is 2.05. The Morgan fingerprint density at radius 3 is 3.00 bits per heavy atom. The smallest absolute Gasteiger partial charge is 0.116 e. The molecule has 49 valence electrons. The van der Waals surface area contributed by atoms with Gasteiger partial charge in [-0.15, -0.1) is 0 Å². The quantitative estimate of drug-likeness (QED) is 0.514. The molecular formula is C8H7N2. The van der Waals surface area contributed by atoms with Gasteiger partial charge in [-0.3, -0.25) is 0 Å². The van der Waals surface area contributed by atoms with E-state index in [4.69, 9.17) is 0 Å². The maximum atomic E-state index is 4.07. The second-order valence-corrected chi connectivity index (χ2v) is 2.37. The minimum absolute atomic E-state index is 0.977. The van der Waals surface area contributed by atoms with Crippen molar-refractivity contribution >= 4 is 17.7 Å². The van der Waals surface area contributed by atoms with Crippen molar-refractivity contribution in [2.24, 2.45) is 4.99 Å². The fourth-order valence-electron chi connectivity index (χ4n) is 0.999. The Kier molecular flexibility index (Phi) is 1.01. The van der Waals surface area contributed by atoms with E-state index < -0.39 is 0 Å². The minimum Gasteiger partial charge on any atom is -0.235 e. The van der Waals surface area contributed by atoms with Crippen LogP contribution in [0.2, 0.25) is 0 Å². The van der Waals surface area contributed by atoms with E-state index in [0.717, 1.165) is 11.4 Å². The lowest BCUT2D eigenvalue weighted by atomic mass is 10.2. The maximum Gasteiger partial charge on any atom is 0.116 e. The van der Waals surface area contributed by atoms with E-state index in [-0.39, 0.29) is 0 Å². The third kappa shape index (κ3) is 0.692. The first-order chi connectivity index (χ1) is 4.86. The summed E-state index contributed by atoms with van der Waals surface area (Å²) in [7, 11) is 0. The molecule has 2 heteroatoms. The topological polar surface area (TPSA) is 26.5 Å². The van der Waals surface area contributed by atoms with Crippen LogP contribution in [0.4, 0.5) is 11.4 Å². The van der Waals surface area contributed by atoms with Gasteiger partial charge in [-0.25, -0.2) is 10.3 Å². The zero-order chi connectivity index (χ0) is 6.97. The number of rotatable bonds is 0. The molecule has 0 atom stereocenters. The van der Waals surface area contributed by atoms with Crippen molar-refractivity contribution in [1.82, 2.24) is 5.32 Å². The van der Waals surface area contributed by atoms with E-state index in [0.29, 0.717) is 0 Å². The first-order valence-electron chi connectivity index (χ1n) is 3.20. The minimum atomic E-state index is 0.977. The summed E-state index contributed by atoms with van der Waals surface area (Å²) < 4.78 is 0. The lowest BCUT2D eigenvalue weighted by Gasteiger charge is -1.95.